The van der Waals surface area contributed by atoms with Gasteiger partial charge in [0.1, 0.15) is 28.3 Å². The topological polar surface area (TPSA) is 97.8 Å². The highest BCUT2D eigenvalue weighted by atomic mass is 32.2. The minimum atomic E-state index is -1.07. The van der Waals surface area contributed by atoms with Gasteiger partial charge < -0.3 is 24.1 Å². The van der Waals surface area contributed by atoms with Gasteiger partial charge in [-0.25, -0.2) is 13.6 Å². The first-order chi connectivity index (χ1) is 22.2. The van der Waals surface area contributed by atoms with Crippen LogP contribution in [0.25, 0.3) is 17.2 Å². The van der Waals surface area contributed by atoms with E-state index in [1.54, 1.807) is 24.3 Å². The van der Waals surface area contributed by atoms with E-state index < -0.39 is 17.6 Å². The molecule has 2 fully saturated rings. The Morgan fingerprint density at radius 2 is 1.74 bits per heavy atom. The van der Waals surface area contributed by atoms with Gasteiger partial charge in [-0.2, -0.15) is 0 Å². The molecule has 13 heteroatoms. The SMILES string of the molecule is COc1cc(C(=O)O)ccc1OCCCN1C(=O)C(=Cc2ccc(OCCN3CCOCC3)c(-c3ccc(F)cc3F)c2)SC1=S. The van der Waals surface area contributed by atoms with Gasteiger partial charge in [0.2, 0.25) is 0 Å². The summed E-state index contributed by atoms with van der Waals surface area (Å²) in [5.41, 5.74) is 1.32. The van der Waals surface area contributed by atoms with Gasteiger partial charge in [0.25, 0.3) is 5.91 Å². The van der Waals surface area contributed by atoms with E-state index in [2.05, 4.69) is 4.90 Å². The van der Waals surface area contributed by atoms with E-state index in [4.69, 9.17) is 31.2 Å². The molecule has 0 unspecified atom stereocenters. The summed E-state index contributed by atoms with van der Waals surface area (Å²) in [7, 11) is 1.42. The molecule has 0 bridgehead atoms. The maximum atomic E-state index is 14.9. The van der Waals surface area contributed by atoms with E-state index in [0.717, 1.165) is 30.9 Å². The van der Waals surface area contributed by atoms with E-state index >= 15 is 0 Å². The van der Waals surface area contributed by atoms with Crippen molar-refractivity contribution in [3.8, 4) is 28.4 Å². The molecular formula is C33H32F2N2O7S2. The van der Waals surface area contributed by atoms with Gasteiger partial charge in [0, 0.05) is 43.4 Å². The summed E-state index contributed by atoms with van der Waals surface area (Å²) in [6.45, 7) is 4.54. The zero-order valence-electron chi connectivity index (χ0n) is 25.0. The Kier molecular flexibility index (Phi) is 11.2. The smallest absolute Gasteiger partial charge is 0.335 e. The minimum absolute atomic E-state index is 0.0782. The average Bonchev–Trinajstić information content (AvgIpc) is 3.31. The van der Waals surface area contributed by atoms with Crippen molar-refractivity contribution >= 4 is 46.3 Å². The Hall–Kier alpha value is -4.04. The van der Waals surface area contributed by atoms with Gasteiger partial charge in [-0.1, -0.05) is 30.0 Å². The number of carboxylic acids is 1. The zero-order chi connectivity index (χ0) is 32.6. The maximum absolute atomic E-state index is 14.9. The third kappa shape index (κ3) is 8.21. The number of benzene rings is 3. The van der Waals surface area contributed by atoms with Crippen LogP contribution in [0.1, 0.15) is 22.3 Å². The quantitative estimate of drug-likeness (QED) is 0.138. The minimum Gasteiger partial charge on any atom is -0.493 e. The number of methoxy groups -OCH3 is 1. The maximum Gasteiger partial charge on any atom is 0.335 e. The van der Waals surface area contributed by atoms with E-state index in [-0.39, 0.29) is 23.6 Å². The molecule has 2 heterocycles. The fourth-order valence-electron chi connectivity index (χ4n) is 4.96. The monoisotopic (exact) mass is 670 g/mol. The van der Waals surface area contributed by atoms with Crippen molar-refractivity contribution in [3.63, 3.8) is 0 Å². The Morgan fingerprint density at radius 1 is 0.978 bits per heavy atom. The van der Waals surface area contributed by atoms with E-state index in [9.17, 15) is 23.5 Å². The summed E-state index contributed by atoms with van der Waals surface area (Å²) in [5, 5.41) is 9.18. The number of ether oxygens (including phenoxy) is 4. The summed E-state index contributed by atoms with van der Waals surface area (Å²) in [4.78, 5) is 28.6. The van der Waals surface area contributed by atoms with E-state index in [0.29, 0.717) is 76.9 Å². The molecule has 9 nitrogen and oxygen atoms in total. The molecule has 0 aliphatic carbocycles. The summed E-state index contributed by atoms with van der Waals surface area (Å²) in [6.07, 6.45) is 2.14. The second-order valence-electron chi connectivity index (χ2n) is 10.4. The van der Waals surface area contributed by atoms with Crippen molar-refractivity contribution in [1.82, 2.24) is 9.80 Å². The lowest BCUT2D eigenvalue weighted by Gasteiger charge is -2.26. The highest BCUT2D eigenvalue weighted by Crippen LogP contribution is 2.37. The molecule has 2 aliphatic heterocycles. The molecule has 242 valence electrons. The fraction of sp³-hybridized carbons (Fsp3) is 0.303. The van der Waals surface area contributed by atoms with Crippen LogP contribution in [0.3, 0.4) is 0 Å². The van der Waals surface area contributed by atoms with Gasteiger partial charge in [-0.05, 0) is 60.5 Å². The summed E-state index contributed by atoms with van der Waals surface area (Å²) >= 11 is 6.64. The van der Waals surface area contributed by atoms with Gasteiger partial charge in [-0.3, -0.25) is 14.6 Å². The molecule has 3 aromatic carbocycles. The van der Waals surface area contributed by atoms with Crippen molar-refractivity contribution in [2.75, 3.05) is 59.7 Å². The van der Waals surface area contributed by atoms with Crippen LogP contribution in [0.5, 0.6) is 17.2 Å². The highest BCUT2D eigenvalue weighted by Gasteiger charge is 2.31. The number of aromatic carboxylic acids is 1. The molecule has 0 spiro atoms. The standard InChI is InChI=1S/C33H32F2N2O7S2/c1-41-29-19-22(32(39)40)4-8-28(29)43-13-2-9-37-31(38)30(46-33(37)45)18-21-3-7-27(44-16-12-36-10-14-42-15-11-36)25(17-21)24-6-5-23(34)20-26(24)35/h3-8,17-20H,2,9-16H2,1H3,(H,39,40). The highest BCUT2D eigenvalue weighted by molar-refractivity contribution is 8.26. The number of hydrogen-bond donors (Lipinski definition) is 1. The second kappa shape index (κ2) is 15.5. The van der Waals surface area contributed by atoms with Crippen LogP contribution < -0.4 is 14.2 Å². The van der Waals surface area contributed by atoms with Crippen molar-refractivity contribution in [3.05, 3.63) is 82.3 Å². The van der Waals surface area contributed by atoms with Gasteiger partial charge >= 0.3 is 5.97 Å². The van der Waals surface area contributed by atoms with Gasteiger partial charge in [0.15, 0.2) is 11.5 Å². The number of halogens is 2. The molecule has 3 aromatic rings. The Morgan fingerprint density at radius 3 is 2.48 bits per heavy atom. The molecule has 0 atom stereocenters. The number of carboxylic acid groups (broad SMARTS) is 1. The number of hydrogen-bond acceptors (Lipinski definition) is 9. The van der Waals surface area contributed by atoms with Crippen LogP contribution >= 0.6 is 24.0 Å². The van der Waals surface area contributed by atoms with Crippen LogP contribution in [-0.2, 0) is 9.53 Å². The van der Waals surface area contributed by atoms with Crippen LogP contribution in [0.15, 0.2) is 59.5 Å². The summed E-state index contributed by atoms with van der Waals surface area (Å²) in [5.74, 6) is -1.62. The number of thioether (sulfide) groups is 1. The molecule has 5 rings (SSSR count). The van der Waals surface area contributed by atoms with Crippen molar-refractivity contribution < 1.29 is 42.4 Å². The Balaban J connectivity index is 1.26. The number of rotatable bonds is 13. The zero-order valence-corrected chi connectivity index (χ0v) is 26.6. The van der Waals surface area contributed by atoms with Crippen molar-refractivity contribution in [1.29, 1.82) is 0 Å². The van der Waals surface area contributed by atoms with Crippen LogP contribution in [0.4, 0.5) is 8.78 Å². The fourth-order valence-corrected chi connectivity index (χ4v) is 6.27. The molecule has 0 saturated carbocycles. The van der Waals surface area contributed by atoms with Crippen LogP contribution in [0, 0.1) is 11.6 Å². The Bertz CT molecular complexity index is 1650. The molecule has 1 N–H and O–H groups in total. The molecule has 2 aliphatic rings. The number of amides is 1. The number of morpholine rings is 1. The molecule has 46 heavy (non-hydrogen) atoms. The largest absolute Gasteiger partial charge is 0.493 e. The number of nitrogens with zero attached hydrogens (tertiary/aromatic N) is 2. The molecule has 0 aromatic heterocycles. The molecule has 1 amide bonds. The third-order valence-corrected chi connectivity index (χ3v) is 8.74. The second-order valence-corrected chi connectivity index (χ2v) is 12.1. The van der Waals surface area contributed by atoms with Crippen molar-refractivity contribution in [2.45, 2.75) is 6.42 Å². The number of carbonyl (C=O) groups is 2. The average molecular weight is 671 g/mol. The predicted molar refractivity (Wildman–Crippen MR) is 174 cm³/mol. The lowest BCUT2D eigenvalue weighted by molar-refractivity contribution is -0.122. The third-order valence-electron chi connectivity index (χ3n) is 7.36. The number of carbonyl (C=O) groups excluding carboxylic acids is 1. The predicted octanol–water partition coefficient (Wildman–Crippen LogP) is 5.72. The lowest BCUT2D eigenvalue weighted by atomic mass is 10.0. The molecule has 2 saturated heterocycles. The van der Waals surface area contributed by atoms with Gasteiger partial charge in [0.05, 0.1) is 37.4 Å². The lowest BCUT2D eigenvalue weighted by Crippen LogP contribution is -2.38. The first-order valence-corrected chi connectivity index (χ1v) is 15.8. The summed E-state index contributed by atoms with van der Waals surface area (Å²) in [6, 6.07) is 12.9. The van der Waals surface area contributed by atoms with Gasteiger partial charge in [-0.15, -0.1) is 0 Å². The molecule has 0 radical (unpaired) electrons. The van der Waals surface area contributed by atoms with E-state index in [1.165, 1.54) is 42.3 Å². The summed E-state index contributed by atoms with van der Waals surface area (Å²) < 4.78 is 51.5. The molecular weight excluding hydrogens is 639 g/mol. The van der Waals surface area contributed by atoms with Crippen LogP contribution in [0.2, 0.25) is 0 Å². The van der Waals surface area contributed by atoms with Crippen LogP contribution in [-0.4, -0.2) is 90.8 Å². The van der Waals surface area contributed by atoms with E-state index in [1.807, 2.05) is 0 Å². The normalized spacial score (nSPS) is 16.2. The number of thiocarbonyl (C=S) groups is 1. The first-order valence-electron chi connectivity index (χ1n) is 14.6. The Labute approximate surface area is 274 Å². The first kappa shape index (κ1) is 33.3. The van der Waals surface area contributed by atoms with Crippen molar-refractivity contribution in [2.24, 2.45) is 0 Å².